The number of carbonyl (C=O) groups excluding carboxylic acids is 2. The second-order valence-corrected chi connectivity index (χ2v) is 15.2. The molecule has 2 heterocycles. The van der Waals surface area contributed by atoms with Crippen LogP contribution in [0.15, 0.2) is 60.9 Å². The second-order valence-electron chi connectivity index (χ2n) is 13.9. The minimum Gasteiger partial charge on any atom is -0.378 e. The maximum absolute atomic E-state index is 14.6. The molecular formula is C33H40N6O5S. The lowest BCUT2D eigenvalue weighted by atomic mass is 9.85. The number of rotatable bonds is 8. The molecule has 2 fully saturated rings. The third-order valence-corrected chi connectivity index (χ3v) is 10.3. The minimum atomic E-state index is -4.93. The van der Waals surface area contributed by atoms with Crippen molar-refractivity contribution in [3.8, 4) is 6.07 Å². The second kappa shape index (κ2) is 11.3. The molecule has 238 valence electrons. The van der Waals surface area contributed by atoms with Gasteiger partial charge in [-0.05, 0) is 52.3 Å². The molecule has 3 aromatic rings. The summed E-state index contributed by atoms with van der Waals surface area (Å²) >= 11 is 0. The molecule has 1 aliphatic carbocycles. The summed E-state index contributed by atoms with van der Waals surface area (Å²) < 4.78 is 37.2. The van der Waals surface area contributed by atoms with E-state index < -0.39 is 45.7 Å². The smallest absolute Gasteiger partial charge is 0.360 e. The van der Waals surface area contributed by atoms with Gasteiger partial charge < -0.3 is 15.1 Å². The Morgan fingerprint density at radius 3 is 2.29 bits per heavy atom. The Balaban J connectivity index is 1.51. The van der Waals surface area contributed by atoms with Gasteiger partial charge in [-0.1, -0.05) is 58.9 Å². The average Bonchev–Trinajstić information content (AvgIpc) is 3.27. The van der Waals surface area contributed by atoms with Gasteiger partial charge in [-0.15, -0.1) is 0 Å². The van der Waals surface area contributed by atoms with E-state index in [2.05, 4.69) is 16.4 Å². The van der Waals surface area contributed by atoms with Crippen LogP contribution >= 0.6 is 0 Å². The van der Waals surface area contributed by atoms with Crippen molar-refractivity contribution in [2.45, 2.75) is 52.7 Å². The first-order valence-electron chi connectivity index (χ1n) is 14.9. The lowest BCUT2D eigenvalue weighted by molar-refractivity contribution is -0.143. The van der Waals surface area contributed by atoms with Gasteiger partial charge in [0, 0.05) is 49.7 Å². The summed E-state index contributed by atoms with van der Waals surface area (Å²) in [7, 11) is -1.24. The predicted octanol–water partition coefficient (Wildman–Crippen LogP) is 4.19. The highest BCUT2D eigenvalue weighted by Gasteiger charge is 2.70. The number of hydrogen-bond donors (Lipinski definition) is 2. The van der Waals surface area contributed by atoms with Gasteiger partial charge in [0.1, 0.15) is 18.1 Å². The molecule has 2 aliphatic rings. The SMILES string of the molecule is CN(C)c1ccc(N([C@H](C(=O)N2C[C@H]3[C@@H]([C@H]2C(=O)NC(C#N)c2cncc4ccccc24)C3(C)C)C(C)(C)C)S(=O)(=O)O)cc1. The molecular weight excluding hydrogens is 592 g/mol. The van der Waals surface area contributed by atoms with E-state index in [1.807, 2.05) is 57.1 Å². The fourth-order valence-corrected chi connectivity index (χ4v) is 7.94. The molecule has 1 saturated carbocycles. The monoisotopic (exact) mass is 632 g/mol. The number of likely N-dealkylation sites (tertiary alicyclic amines) is 1. The van der Waals surface area contributed by atoms with Crippen molar-refractivity contribution in [2.24, 2.45) is 22.7 Å². The maximum Gasteiger partial charge on any atom is 0.360 e. The number of pyridine rings is 1. The van der Waals surface area contributed by atoms with Crippen LogP contribution in [0.1, 0.15) is 46.2 Å². The highest BCUT2D eigenvalue weighted by Crippen LogP contribution is 2.65. The summed E-state index contributed by atoms with van der Waals surface area (Å²) in [4.78, 5) is 36.2. The Kier molecular flexibility index (Phi) is 8.08. The number of anilines is 2. The first-order valence-corrected chi connectivity index (χ1v) is 16.3. The highest BCUT2D eigenvalue weighted by atomic mass is 32.2. The fourth-order valence-electron chi connectivity index (χ4n) is 6.88. The Bertz CT molecular complexity index is 1770. The van der Waals surface area contributed by atoms with Crippen molar-refractivity contribution < 1.29 is 22.6 Å². The molecule has 2 amide bonds. The summed E-state index contributed by atoms with van der Waals surface area (Å²) in [5.74, 6) is -1.27. The Morgan fingerprint density at radius 1 is 1.09 bits per heavy atom. The van der Waals surface area contributed by atoms with Crippen LogP contribution in [0.25, 0.3) is 10.8 Å². The van der Waals surface area contributed by atoms with Crippen LogP contribution in [0, 0.1) is 34.0 Å². The standard InChI is InChI=1S/C33H40N6O5S/c1-32(2,3)29(39(45(42,43)44)22-14-12-21(13-15-22)37(6)7)31(41)38-19-25-27(33(25,4)5)28(38)30(40)36-26(16-34)24-18-35-17-20-10-8-9-11-23(20)24/h8-15,17-18,25-29H,19H2,1-7H3,(H,36,40)(H,42,43,44)/t25-,26?,27-,28-,29+/m0/s1. The average molecular weight is 633 g/mol. The predicted molar refractivity (Wildman–Crippen MR) is 173 cm³/mol. The van der Waals surface area contributed by atoms with E-state index in [0.717, 1.165) is 20.8 Å². The lowest BCUT2D eigenvalue weighted by Crippen LogP contribution is -2.60. The first-order chi connectivity index (χ1) is 21.0. The largest absolute Gasteiger partial charge is 0.378 e. The molecule has 0 bridgehead atoms. The molecule has 1 saturated heterocycles. The lowest BCUT2D eigenvalue weighted by Gasteiger charge is -2.42. The molecule has 2 N–H and O–H groups in total. The van der Waals surface area contributed by atoms with Gasteiger partial charge >= 0.3 is 10.3 Å². The van der Waals surface area contributed by atoms with E-state index >= 15 is 0 Å². The molecule has 1 aromatic heterocycles. The highest BCUT2D eigenvalue weighted by molar-refractivity contribution is 7.87. The fraction of sp³-hybridized carbons (Fsp3) is 0.455. The Morgan fingerprint density at radius 2 is 1.71 bits per heavy atom. The molecule has 5 atom stereocenters. The first kappa shape index (κ1) is 32.2. The van der Waals surface area contributed by atoms with E-state index in [4.69, 9.17) is 0 Å². The van der Waals surface area contributed by atoms with Crippen molar-refractivity contribution in [1.82, 2.24) is 15.2 Å². The third kappa shape index (κ3) is 5.82. The van der Waals surface area contributed by atoms with Crippen LogP contribution in [0.2, 0.25) is 0 Å². The van der Waals surface area contributed by atoms with Gasteiger partial charge in [-0.3, -0.25) is 19.1 Å². The van der Waals surface area contributed by atoms with Crippen LogP contribution in [0.5, 0.6) is 0 Å². The number of fused-ring (bicyclic) bond motifs is 2. The third-order valence-electron chi connectivity index (χ3n) is 9.34. The van der Waals surface area contributed by atoms with Crippen molar-refractivity contribution in [3.63, 3.8) is 0 Å². The number of aromatic nitrogens is 1. The van der Waals surface area contributed by atoms with Crippen LogP contribution < -0.4 is 14.5 Å². The number of amides is 2. The summed E-state index contributed by atoms with van der Waals surface area (Å²) in [6.07, 6.45) is 3.24. The van der Waals surface area contributed by atoms with E-state index in [0.29, 0.717) is 5.56 Å². The zero-order chi connectivity index (χ0) is 33.1. The zero-order valence-corrected chi connectivity index (χ0v) is 27.4. The van der Waals surface area contributed by atoms with E-state index in [9.17, 15) is 27.8 Å². The Labute approximate surface area is 264 Å². The van der Waals surface area contributed by atoms with Crippen molar-refractivity contribution in [1.29, 1.82) is 5.26 Å². The number of piperidine rings is 1. The van der Waals surface area contributed by atoms with Crippen LogP contribution in [-0.4, -0.2) is 67.4 Å². The van der Waals surface area contributed by atoms with Gasteiger partial charge in [0.25, 0.3) is 0 Å². The summed E-state index contributed by atoms with van der Waals surface area (Å²) in [6.45, 7) is 9.48. The summed E-state index contributed by atoms with van der Waals surface area (Å²) in [6, 6.07) is 12.8. The number of carbonyl (C=O) groups is 2. The summed E-state index contributed by atoms with van der Waals surface area (Å²) in [5, 5.41) is 14.6. The number of nitrogens with zero attached hydrogens (tertiary/aromatic N) is 5. The van der Waals surface area contributed by atoms with Gasteiger partial charge in [0.05, 0.1) is 11.8 Å². The van der Waals surface area contributed by atoms with E-state index in [1.54, 1.807) is 57.4 Å². The molecule has 1 aliphatic heterocycles. The topological polar surface area (TPSA) is 147 Å². The molecule has 0 radical (unpaired) electrons. The molecule has 0 spiro atoms. The quantitative estimate of drug-likeness (QED) is 0.352. The Hall–Kier alpha value is -4.21. The number of hydrogen-bond acceptors (Lipinski definition) is 7. The van der Waals surface area contributed by atoms with Gasteiger partial charge in [0.2, 0.25) is 11.8 Å². The number of nitrogens with one attached hydrogen (secondary N) is 1. The molecule has 5 rings (SSSR count). The van der Waals surface area contributed by atoms with Gasteiger partial charge in [-0.2, -0.15) is 13.7 Å². The molecule has 12 heteroatoms. The van der Waals surface area contributed by atoms with Crippen molar-refractivity contribution in [2.75, 3.05) is 29.8 Å². The van der Waals surface area contributed by atoms with Crippen molar-refractivity contribution in [3.05, 3.63) is 66.5 Å². The van der Waals surface area contributed by atoms with Crippen LogP contribution in [0.4, 0.5) is 11.4 Å². The maximum atomic E-state index is 14.6. The minimum absolute atomic E-state index is 0.0103. The molecule has 11 nitrogen and oxygen atoms in total. The summed E-state index contributed by atoms with van der Waals surface area (Å²) in [5.41, 5.74) is 0.247. The van der Waals surface area contributed by atoms with Crippen LogP contribution in [0.3, 0.4) is 0 Å². The zero-order valence-electron chi connectivity index (χ0n) is 26.6. The molecule has 1 unspecified atom stereocenters. The van der Waals surface area contributed by atoms with Crippen LogP contribution in [-0.2, 0) is 19.9 Å². The number of nitriles is 1. The molecule has 45 heavy (non-hydrogen) atoms. The van der Waals surface area contributed by atoms with E-state index in [1.165, 1.54) is 4.90 Å². The van der Waals surface area contributed by atoms with Gasteiger partial charge in [-0.25, -0.2) is 4.31 Å². The van der Waals surface area contributed by atoms with Gasteiger partial charge in [0.15, 0.2) is 0 Å². The van der Waals surface area contributed by atoms with Crippen molar-refractivity contribution >= 4 is 44.3 Å². The molecule has 2 aromatic carbocycles. The normalized spacial score (nSPS) is 21.8. The number of benzene rings is 2. The van der Waals surface area contributed by atoms with E-state index in [-0.39, 0.29) is 29.5 Å².